The summed E-state index contributed by atoms with van der Waals surface area (Å²) in [5, 5.41) is 3.98. The van der Waals surface area contributed by atoms with Gasteiger partial charge in [0.15, 0.2) is 5.13 Å². The number of rotatable bonds is 8. The number of aromatic nitrogens is 1. The summed E-state index contributed by atoms with van der Waals surface area (Å²) in [6.07, 6.45) is 2.86. The van der Waals surface area contributed by atoms with Gasteiger partial charge in [-0.25, -0.2) is 13.4 Å². The minimum Gasteiger partial charge on any atom is -0.494 e. The number of piperazine rings is 1. The highest BCUT2D eigenvalue weighted by Crippen LogP contribution is 2.34. The molecule has 37 heavy (non-hydrogen) atoms. The molecular formula is C26H33N5O4S2. The van der Waals surface area contributed by atoms with Gasteiger partial charge in [0.1, 0.15) is 11.3 Å². The van der Waals surface area contributed by atoms with E-state index < -0.39 is 10.0 Å². The lowest BCUT2D eigenvalue weighted by atomic mass is 10.2. The smallest absolute Gasteiger partial charge is 0.251 e. The van der Waals surface area contributed by atoms with E-state index in [1.807, 2.05) is 12.1 Å². The van der Waals surface area contributed by atoms with Gasteiger partial charge in [-0.05, 0) is 49.2 Å². The Bertz CT molecular complexity index is 1330. The number of fused-ring (bicyclic) bond motifs is 1. The number of piperidine rings is 1. The van der Waals surface area contributed by atoms with Crippen molar-refractivity contribution in [2.75, 3.05) is 64.4 Å². The zero-order chi connectivity index (χ0) is 25.8. The molecule has 3 heterocycles. The molecule has 0 atom stereocenters. The van der Waals surface area contributed by atoms with Gasteiger partial charge < -0.3 is 15.0 Å². The largest absolute Gasteiger partial charge is 0.494 e. The Kier molecular flexibility index (Phi) is 7.94. The summed E-state index contributed by atoms with van der Waals surface area (Å²) < 4.78 is 33.7. The van der Waals surface area contributed by atoms with Crippen LogP contribution in [-0.2, 0) is 10.0 Å². The Balaban J connectivity index is 1.08. The molecule has 5 rings (SSSR count). The number of carbonyl (C=O) groups is 1. The van der Waals surface area contributed by atoms with E-state index in [2.05, 4.69) is 21.2 Å². The third kappa shape index (κ3) is 5.74. The van der Waals surface area contributed by atoms with Crippen LogP contribution in [0, 0.1) is 0 Å². The SMILES string of the molecule is COc1cccc2sc(N3CCN(CCNC(=O)c4ccc(S(=O)(=O)N5CCCCC5)cc4)CC3)nc12. The summed E-state index contributed by atoms with van der Waals surface area (Å²) >= 11 is 1.68. The molecule has 1 aromatic heterocycles. The molecule has 2 aliphatic rings. The molecule has 2 aromatic carbocycles. The fraction of sp³-hybridized carbons (Fsp3) is 0.462. The molecule has 198 valence electrons. The predicted octanol–water partition coefficient (Wildman–Crippen LogP) is 3.03. The third-order valence-electron chi connectivity index (χ3n) is 7.02. The lowest BCUT2D eigenvalue weighted by Crippen LogP contribution is -2.48. The number of thiazole rings is 1. The monoisotopic (exact) mass is 543 g/mol. The van der Waals surface area contributed by atoms with Crippen molar-refractivity contribution in [1.29, 1.82) is 0 Å². The quantitative estimate of drug-likeness (QED) is 0.467. The molecule has 2 aliphatic heterocycles. The zero-order valence-corrected chi connectivity index (χ0v) is 22.7. The van der Waals surface area contributed by atoms with Crippen molar-refractivity contribution in [3.63, 3.8) is 0 Å². The topological polar surface area (TPSA) is 95.1 Å². The Hall–Kier alpha value is -2.73. The van der Waals surface area contributed by atoms with Crippen LogP contribution in [0.4, 0.5) is 5.13 Å². The van der Waals surface area contributed by atoms with Crippen molar-refractivity contribution in [1.82, 2.24) is 19.5 Å². The van der Waals surface area contributed by atoms with Crippen LogP contribution in [0.25, 0.3) is 10.2 Å². The summed E-state index contributed by atoms with van der Waals surface area (Å²) in [6, 6.07) is 12.3. The first-order valence-electron chi connectivity index (χ1n) is 12.7. The number of carbonyl (C=O) groups excluding carboxylic acids is 1. The Labute approximate surface area is 222 Å². The molecule has 2 saturated heterocycles. The first kappa shape index (κ1) is 25.9. The maximum atomic E-state index is 12.8. The summed E-state index contributed by atoms with van der Waals surface area (Å²) in [4.78, 5) is 22.3. The van der Waals surface area contributed by atoms with Crippen LogP contribution >= 0.6 is 11.3 Å². The summed E-state index contributed by atoms with van der Waals surface area (Å²) in [6.45, 7) is 5.96. The summed E-state index contributed by atoms with van der Waals surface area (Å²) in [5.41, 5.74) is 1.38. The van der Waals surface area contributed by atoms with Crippen LogP contribution in [0.5, 0.6) is 5.75 Å². The second-order valence-electron chi connectivity index (χ2n) is 9.38. The Morgan fingerprint density at radius 3 is 2.43 bits per heavy atom. The van der Waals surface area contributed by atoms with Crippen molar-refractivity contribution >= 4 is 42.6 Å². The van der Waals surface area contributed by atoms with Crippen molar-refractivity contribution in [3.8, 4) is 5.75 Å². The molecule has 1 N–H and O–H groups in total. The van der Waals surface area contributed by atoms with Gasteiger partial charge in [-0.2, -0.15) is 4.31 Å². The van der Waals surface area contributed by atoms with E-state index in [0.717, 1.165) is 73.1 Å². The number of methoxy groups -OCH3 is 1. The number of benzene rings is 2. The number of hydrogen-bond acceptors (Lipinski definition) is 8. The van der Waals surface area contributed by atoms with Crippen molar-refractivity contribution in [2.45, 2.75) is 24.2 Å². The minimum atomic E-state index is -3.49. The molecule has 0 radical (unpaired) electrons. The number of para-hydroxylation sites is 1. The average Bonchev–Trinajstić information content (AvgIpc) is 3.38. The van der Waals surface area contributed by atoms with Crippen LogP contribution in [-0.4, -0.2) is 88.0 Å². The molecule has 0 spiro atoms. The highest BCUT2D eigenvalue weighted by Gasteiger charge is 2.26. The Morgan fingerprint density at radius 1 is 1.00 bits per heavy atom. The number of anilines is 1. The number of sulfonamides is 1. The second-order valence-corrected chi connectivity index (χ2v) is 12.3. The number of nitrogens with zero attached hydrogens (tertiary/aromatic N) is 4. The summed E-state index contributed by atoms with van der Waals surface area (Å²) in [5.74, 6) is 0.608. The molecule has 0 unspecified atom stereocenters. The molecule has 11 heteroatoms. The number of hydrogen-bond donors (Lipinski definition) is 1. The molecule has 0 aliphatic carbocycles. The van der Waals surface area contributed by atoms with E-state index in [4.69, 9.17) is 9.72 Å². The van der Waals surface area contributed by atoms with Crippen molar-refractivity contribution in [3.05, 3.63) is 48.0 Å². The molecule has 9 nitrogen and oxygen atoms in total. The van der Waals surface area contributed by atoms with E-state index in [-0.39, 0.29) is 10.8 Å². The fourth-order valence-corrected chi connectivity index (χ4v) is 7.39. The summed E-state index contributed by atoms with van der Waals surface area (Å²) in [7, 11) is -1.82. The van der Waals surface area contributed by atoms with E-state index in [1.165, 1.54) is 12.1 Å². The van der Waals surface area contributed by atoms with E-state index >= 15 is 0 Å². The van der Waals surface area contributed by atoms with E-state index in [1.54, 1.807) is 34.9 Å². The number of nitrogens with one attached hydrogen (secondary N) is 1. The molecule has 3 aromatic rings. The molecule has 0 saturated carbocycles. The van der Waals surface area contributed by atoms with Crippen LogP contribution in [0.1, 0.15) is 29.6 Å². The average molecular weight is 544 g/mol. The van der Waals surface area contributed by atoms with Crippen LogP contribution in [0.2, 0.25) is 0 Å². The molecule has 1 amide bonds. The molecule has 0 bridgehead atoms. The van der Waals surface area contributed by atoms with Crippen LogP contribution in [0.3, 0.4) is 0 Å². The van der Waals surface area contributed by atoms with Gasteiger partial charge >= 0.3 is 0 Å². The lowest BCUT2D eigenvalue weighted by Gasteiger charge is -2.34. The second kappa shape index (κ2) is 11.3. The first-order chi connectivity index (χ1) is 18.0. The third-order valence-corrected chi connectivity index (χ3v) is 10.0. The maximum Gasteiger partial charge on any atom is 0.251 e. The van der Waals surface area contributed by atoms with Gasteiger partial charge in [-0.15, -0.1) is 0 Å². The highest BCUT2D eigenvalue weighted by atomic mass is 32.2. The van der Waals surface area contributed by atoms with Gasteiger partial charge in [0.2, 0.25) is 10.0 Å². The van der Waals surface area contributed by atoms with Crippen LogP contribution < -0.4 is 15.0 Å². The van der Waals surface area contributed by atoms with Gasteiger partial charge in [0.25, 0.3) is 5.91 Å². The number of ether oxygens (including phenoxy) is 1. The van der Waals surface area contributed by atoms with Gasteiger partial charge in [-0.3, -0.25) is 9.69 Å². The molecular weight excluding hydrogens is 510 g/mol. The van der Waals surface area contributed by atoms with Gasteiger partial charge in [0, 0.05) is 57.9 Å². The van der Waals surface area contributed by atoms with Crippen LogP contribution in [0.15, 0.2) is 47.4 Å². The minimum absolute atomic E-state index is 0.191. The van der Waals surface area contributed by atoms with Crippen molar-refractivity contribution in [2.24, 2.45) is 0 Å². The number of amides is 1. The lowest BCUT2D eigenvalue weighted by molar-refractivity contribution is 0.0947. The fourth-order valence-electron chi connectivity index (χ4n) is 4.84. The van der Waals surface area contributed by atoms with Gasteiger partial charge in [0.05, 0.1) is 16.7 Å². The maximum absolute atomic E-state index is 12.8. The van der Waals surface area contributed by atoms with E-state index in [9.17, 15) is 13.2 Å². The molecule has 2 fully saturated rings. The standard InChI is InChI=1S/C26H33N5O4S2/c1-35-22-6-5-7-23-24(22)28-26(36-23)30-18-16-29(17-19-30)15-12-27-25(32)20-8-10-21(11-9-20)37(33,34)31-13-3-2-4-14-31/h5-11H,2-4,12-19H2,1H3,(H,27,32). The Morgan fingerprint density at radius 2 is 1.73 bits per heavy atom. The predicted molar refractivity (Wildman–Crippen MR) is 146 cm³/mol. The first-order valence-corrected chi connectivity index (χ1v) is 15.0. The van der Waals surface area contributed by atoms with E-state index in [0.29, 0.717) is 25.2 Å². The normalized spacial score (nSPS) is 17.7. The highest BCUT2D eigenvalue weighted by molar-refractivity contribution is 7.89. The van der Waals surface area contributed by atoms with Crippen molar-refractivity contribution < 1.29 is 17.9 Å². The zero-order valence-electron chi connectivity index (χ0n) is 21.1. The van der Waals surface area contributed by atoms with Gasteiger partial charge in [-0.1, -0.05) is 23.8 Å².